The van der Waals surface area contributed by atoms with Crippen LogP contribution in [0.4, 0.5) is 0 Å². The number of aliphatic hydroxyl groups is 1. The Morgan fingerprint density at radius 1 is 1.15 bits per heavy atom. The summed E-state index contributed by atoms with van der Waals surface area (Å²) in [5, 5.41) is 9.63. The smallest absolute Gasteiger partial charge is 0.253 e. The van der Waals surface area contributed by atoms with E-state index in [2.05, 4.69) is 11.8 Å². The fourth-order valence-corrected chi connectivity index (χ4v) is 6.29. The number of nitrogens with zero attached hydrogens (tertiary/aromatic N) is 2. The number of aliphatic hydroxyl groups excluding tert-OH is 1. The molecule has 27 heavy (non-hydrogen) atoms. The summed E-state index contributed by atoms with van der Waals surface area (Å²) in [6.07, 6.45) is 3.66. The second-order valence-corrected chi connectivity index (χ2v) is 9.74. The zero-order valence-electron chi connectivity index (χ0n) is 16.1. The largest absolute Gasteiger partial charge is 0.389 e. The quantitative estimate of drug-likeness (QED) is 0.892. The van der Waals surface area contributed by atoms with E-state index in [0.29, 0.717) is 29.3 Å². The lowest BCUT2D eigenvalue weighted by molar-refractivity contribution is -0.210. The molecule has 1 aromatic carbocycles. The third-order valence-corrected chi connectivity index (χ3v) is 7.48. The Balaban J connectivity index is 1.27. The van der Waals surface area contributed by atoms with Gasteiger partial charge in [-0.2, -0.15) is 0 Å². The molecule has 0 aromatic heterocycles. The second-order valence-electron chi connectivity index (χ2n) is 9.74. The van der Waals surface area contributed by atoms with Crippen LogP contribution in [0.15, 0.2) is 24.3 Å². The number of fused-ring (bicyclic) bond motifs is 1. The first-order chi connectivity index (χ1) is 12.8. The first-order valence-electron chi connectivity index (χ1n) is 10.2. The van der Waals surface area contributed by atoms with E-state index in [4.69, 9.17) is 0 Å². The Hall–Kier alpha value is -1.88. The van der Waals surface area contributed by atoms with Crippen LogP contribution < -0.4 is 0 Å². The van der Waals surface area contributed by atoms with Gasteiger partial charge in [-0.15, -0.1) is 0 Å². The van der Waals surface area contributed by atoms with Gasteiger partial charge in [0.15, 0.2) is 0 Å². The third-order valence-electron chi connectivity index (χ3n) is 7.48. The molecule has 144 valence electrons. The topological polar surface area (TPSA) is 60.9 Å². The average molecular weight is 368 g/mol. The molecule has 6 rings (SSSR count). The second kappa shape index (κ2) is 5.57. The fraction of sp³-hybridized carbons (Fsp3) is 0.636. The normalized spacial score (nSPS) is 37.4. The molecular weight excluding hydrogens is 340 g/mol. The van der Waals surface area contributed by atoms with Gasteiger partial charge in [0.2, 0.25) is 5.91 Å². The lowest BCUT2D eigenvalue weighted by Gasteiger charge is -2.69. The monoisotopic (exact) mass is 368 g/mol. The highest BCUT2D eigenvalue weighted by Gasteiger charge is 2.70. The molecule has 1 unspecified atom stereocenters. The lowest BCUT2D eigenvalue weighted by atomic mass is 9.35. The van der Waals surface area contributed by atoms with Crippen molar-refractivity contribution in [3.8, 4) is 0 Å². The van der Waals surface area contributed by atoms with Gasteiger partial charge in [0.05, 0.1) is 17.6 Å². The molecule has 2 saturated heterocycles. The van der Waals surface area contributed by atoms with Crippen molar-refractivity contribution in [2.75, 3.05) is 19.6 Å². The van der Waals surface area contributed by atoms with Crippen LogP contribution >= 0.6 is 0 Å². The number of benzene rings is 1. The first-order valence-corrected chi connectivity index (χ1v) is 10.2. The number of carbonyl (C=O) groups is 2. The van der Waals surface area contributed by atoms with Crippen molar-refractivity contribution < 1.29 is 14.7 Å². The number of rotatable bonds is 3. The fourth-order valence-electron chi connectivity index (χ4n) is 6.29. The summed E-state index contributed by atoms with van der Waals surface area (Å²) in [7, 11) is 0. The van der Waals surface area contributed by atoms with Crippen molar-refractivity contribution in [2.45, 2.75) is 51.7 Å². The molecular formula is C22H28N2O3. The average Bonchev–Trinajstić information content (AvgIpc) is 3.17. The van der Waals surface area contributed by atoms with Crippen molar-refractivity contribution in [3.05, 3.63) is 35.4 Å². The van der Waals surface area contributed by atoms with Crippen molar-refractivity contribution in [1.82, 2.24) is 9.80 Å². The maximum absolute atomic E-state index is 13.1. The number of hydrogen-bond donors (Lipinski definition) is 1. The van der Waals surface area contributed by atoms with E-state index in [1.54, 1.807) is 19.1 Å². The van der Waals surface area contributed by atoms with Crippen LogP contribution in [0.2, 0.25) is 0 Å². The number of carbonyl (C=O) groups excluding carboxylic acids is 2. The summed E-state index contributed by atoms with van der Waals surface area (Å²) in [6.45, 7) is 6.26. The van der Waals surface area contributed by atoms with E-state index in [1.807, 2.05) is 17.0 Å². The minimum Gasteiger partial charge on any atom is -0.389 e. The van der Waals surface area contributed by atoms with Crippen LogP contribution in [0.5, 0.6) is 0 Å². The van der Waals surface area contributed by atoms with E-state index < -0.39 is 6.10 Å². The van der Waals surface area contributed by atoms with Crippen molar-refractivity contribution >= 4 is 11.8 Å². The molecule has 3 saturated carbocycles. The Morgan fingerprint density at radius 3 is 2.41 bits per heavy atom. The molecule has 0 spiro atoms. The molecule has 2 aliphatic heterocycles. The number of likely N-dealkylation sites (tertiary alicyclic amines) is 2. The summed E-state index contributed by atoms with van der Waals surface area (Å²) in [5.74, 6) is 0.804. The standard InChI is InChI=1S/C22H28N2O3/c1-14(25)15-3-5-16(6-4-15)19(26)23-9-17-7-8-24(18(17)10-23)20(27)22-11-21(2,12-22)13-22/h3-6,14,17-18,25H,7-13H2,1-2H3/t14?,17-,18+,21?,22?/m0/s1. The first kappa shape index (κ1) is 17.2. The summed E-state index contributed by atoms with van der Waals surface area (Å²) >= 11 is 0. The third kappa shape index (κ3) is 2.47. The van der Waals surface area contributed by atoms with Crippen molar-refractivity contribution in [1.29, 1.82) is 0 Å². The predicted octanol–water partition coefficient (Wildman–Crippen LogP) is 2.60. The van der Waals surface area contributed by atoms with Gasteiger partial charge in [-0.3, -0.25) is 9.59 Å². The van der Waals surface area contributed by atoms with Gasteiger partial charge < -0.3 is 14.9 Å². The Kier molecular flexibility index (Phi) is 3.55. The Labute approximate surface area is 160 Å². The highest BCUT2D eigenvalue weighted by molar-refractivity contribution is 5.94. The molecule has 2 amide bonds. The van der Waals surface area contributed by atoms with Crippen LogP contribution in [-0.4, -0.2) is 52.4 Å². The van der Waals surface area contributed by atoms with Crippen LogP contribution in [-0.2, 0) is 4.79 Å². The highest BCUT2D eigenvalue weighted by atomic mass is 16.3. The summed E-state index contributed by atoms with van der Waals surface area (Å²) < 4.78 is 0. The van der Waals surface area contributed by atoms with Gasteiger partial charge in [-0.1, -0.05) is 19.1 Å². The minimum absolute atomic E-state index is 0.0342. The Morgan fingerprint density at radius 2 is 1.81 bits per heavy atom. The molecule has 2 heterocycles. The number of amides is 2. The van der Waals surface area contributed by atoms with E-state index in [-0.39, 0.29) is 17.4 Å². The molecule has 0 radical (unpaired) electrons. The van der Waals surface area contributed by atoms with Gasteiger partial charge in [-0.25, -0.2) is 0 Å². The summed E-state index contributed by atoms with van der Waals surface area (Å²) in [4.78, 5) is 30.0. The maximum Gasteiger partial charge on any atom is 0.253 e. The summed E-state index contributed by atoms with van der Waals surface area (Å²) in [5.41, 5.74) is 1.85. The molecule has 1 N–H and O–H groups in total. The molecule has 1 aromatic rings. The van der Waals surface area contributed by atoms with Crippen molar-refractivity contribution in [2.24, 2.45) is 16.7 Å². The molecule has 5 nitrogen and oxygen atoms in total. The van der Waals surface area contributed by atoms with Crippen LogP contribution in [0.25, 0.3) is 0 Å². The zero-order chi connectivity index (χ0) is 19.0. The van der Waals surface area contributed by atoms with E-state index in [0.717, 1.165) is 44.3 Å². The van der Waals surface area contributed by atoms with Crippen LogP contribution in [0, 0.1) is 16.7 Å². The maximum atomic E-state index is 13.1. The summed E-state index contributed by atoms with van der Waals surface area (Å²) in [6, 6.07) is 7.41. The Bertz CT molecular complexity index is 781. The molecule has 5 heteroatoms. The van der Waals surface area contributed by atoms with E-state index >= 15 is 0 Å². The molecule has 5 aliphatic rings. The zero-order valence-corrected chi connectivity index (χ0v) is 16.1. The van der Waals surface area contributed by atoms with Gasteiger partial charge in [0, 0.05) is 31.1 Å². The van der Waals surface area contributed by atoms with E-state index in [1.165, 1.54) is 0 Å². The lowest BCUT2D eigenvalue weighted by Crippen LogP contribution is -2.67. The minimum atomic E-state index is -0.529. The van der Waals surface area contributed by atoms with Gasteiger partial charge in [-0.05, 0) is 55.7 Å². The van der Waals surface area contributed by atoms with Gasteiger partial charge in [0.25, 0.3) is 5.91 Å². The van der Waals surface area contributed by atoms with Crippen LogP contribution in [0.3, 0.4) is 0 Å². The van der Waals surface area contributed by atoms with Crippen LogP contribution in [0.1, 0.15) is 61.6 Å². The number of hydrogen-bond acceptors (Lipinski definition) is 3. The molecule has 5 fully saturated rings. The predicted molar refractivity (Wildman–Crippen MR) is 101 cm³/mol. The van der Waals surface area contributed by atoms with Gasteiger partial charge in [0.1, 0.15) is 0 Å². The van der Waals surface area contributed by atoms with Gasteiger partial charge >= 0.3 is 0 Å². The molecule has 3 atom stereocenters. The SMILES string of the molecule is CC(O)c1ccc(C(=O)N2C[C@@H]3CCN(C(=O)C45CC(C)(C4)C5)[C@@H]3C2)cc1. The van der Waals surface area contributed by atoms with E-state index in [9.17, 15) is 14.7 Å². The highest BCUT2D eigenvalue weighted by Crippen LogP contribution is 2.73. The van der Waals surface area contributed by atoms with Crippen molar-refractivity contribution in [3.63, 3.8) is 0 Å². The molecule has 2 bridgehead atoms. The molecule has 3 aliphatic carbocycles.